The van der Waals surface area contributed by atoms with Crippen molar-refractivity contribution >= 4 is 5.91 Å². The number of unbranched alkanes of at least 4 members (excludes halogenated alkanes) is 37. The number of nitrogens with zero attached hydrogens (tertiary/aromatic N) is 2. The highest BCUT2D eigenvalue weighted by atomic mass is 16.1. The van der Waals surface area contributed by atoms with E-state index in [0.29, 0.717) is 0 Å². The molecule has 0 radical (unpaired) electrons. The molecule has 0 saturated carbocycles. The maximum Gasteiger partial charge on any atom is 0.234 e. The third-order valence-corrected chi connectivity index (χ3v) is 13.2. The molecule has 0 fully saturated rings. The fraction of sp³-hybridized carbons (Fsp3) is 0.981. The van der Waals surface area contributed by atoms with Gasteiger partial charge in [-0.1, -0.05) is 265 Å². The van der Waals surface area contributed by atoms with Crippen molar-refractivity contribution in [2.75, 3.05) is 32.7 Å². The second-order valence-corrected chi connectivity index (χ2v) is 19.0. The summed E-state index contributed by atoms with van der Waals surface area (Å²) >= 11 is 0. The molecule has 4 nitrogen and oxygen atoms in total. The van der Waals surface area contributed by atoms with Gasteiger partial charge in [-0.3, -0.25) is 9.69 Å². The average molecular weight is 819 g/mol. The van der Waals surface area contributed by atoms with E-state index in [0.717, 1.165) is 25.9 Å². The maximum absolute atomic E-state index is 13.0. The topological polar surface area (TPSA) is 49.6 Å². The van der Waals surface area contributed by atoms with Gasteiger partial charge in [-0.15, -0.1) is 0 Å². The minimum absolute atomic E-state index is 0.0771. The number of rotatable bonds is 51. The van der Waals surface area contributed by atoms with E-state index < -0.39 is 0 Å². The van der Waals surface area contributed by atoms with Gasteiger partial charge in [-0.25, -0.2) is 0 Å². The van der Waals surface area contributed by atoms with Gasteiger partial charge in [0.25, 0.3) is 0 Å². The quantitative estimate of drug-likeness (QED) is 0.0622. The zero-order valence-corrected chi connectivity index (χ0v) is 40.9. The predicted molar refractivity (Wildman–Crippen MR) is 262 cm³/mol. The van der Waals surface area contributed by atoms with Crippen LogP contribution in [0.2, 0.25) is 0 Å². The van der Waals surface area contributed by atoms with Crippen molar-refractivity contribution in [3.8, 4) is 0 Å². The van der Waals surface area contributed by atoms with Crippen LogP contribution in [0.3, 0.4) is 0 Å². The molecule has 58 heavy (non-hydrogen) atoms. The number of hydrogen-bond donors (Lipinski definition) is 1. The fourth-order valence-electron chi connectivity index (χ4n) is 9.19. The van der Waals surface area contributed by atoms with Crippen molar-refractivity contribution in [2.45, 2.75) is 310 Å². The van der Waals surface area contributed by atoms with E-state index in [9.17, 15) is 4.79 Å². The molecule has 0 heterocycles. The van der Waals surface area contributed by atoms with Crippen LogP contribution in [0.4, 0.5) is 0 Å². The largest absolute Gasteiger partial charge is 0.368 e. The summed E-state index contributed by atoms with van der Waals surface area (Å²) in [5.74, 6) is -0.0771. The lowest BCUT2D eigenvalue weighted by atomic mass is 10.0. The van der Waals surface area contributed by atoms with Gasteiger partial charge in [0.05, 0.1) is 6.04 Å². The lowest BCUT2D eigenvalue weighted by Gasteiger charge is -2.30. The summed E-state index contributed by atoms with van der Waals surface area (Å²) in [4.78, 5) is 18.4. The number of carbonyl (C=O) groups is 1. The van der Waals surface area contributed by atoms with Crippen LogP contribution in [-0.2, 0) is 4.79 Å². The summed E-state index contributed by atoms with van der Waals surface area (Å²) in [6.07, 6.45) is 58.6. The molecule has 0 spiro atoms. The van der Waals surface area contributed by atoms with Crippen molar-refractivity contribution in [1.82, 2.24) is 9.80 Å². The van der Waals surface area contributed by atoms with Crippen molar-refractivity contribution < 1.29 is 4.79 Å². The normalized spacial score (nSPS) is 12.4. The van der Waals surface area contributed by atoms with Gasteiger partial charge < -0.3 is 10.6 Å². The Kier molecular flexibility index (Phi) is 48.5. The number of primary amides is 1. The van der Waals surface area contributed by atoms with Crippen molar-refractivity contribution in [1.29, 1.82) is 0 Å². The standard InChI is InChI=1S/C54H111N3O/c1-5-9-13-17-21-25-29-33-37-42-48-56(49-43-38-34-30-26-22-18-14-10-6-2)50-46-41-47-53(54(55)58)57(51-44-39-35-31-27-23-19-15-11-7-3)52-45-40-36-32-28-24-20-16-12-8-4/h53H,5-52H2,1-4H3,(H2,55,58). The zero-order valence-electron chi connectivity index (χ0n) is 40.9. The van der Waals surface area contributed by atoms with Gasteiger partial charge in [0.2, 0.25) is 5.91 Å². The summed E-state index contributed by atoms with van der Waals surface area (Å²) in [6, 6.07) is -0.0884. The van der Waals surface area contributed by atoms with Gasteiger partial charge in [-0.05, 0) is 71.2 Å². The molecule has 0 aliphatic heterocycles. The van der Waals surface area contributed by atoms with E-state index in [1.54, 1.807) is 0 Å². The molecule has 348 valence electrons. The molecule has 1 atom stereocenters. The summed E-state index contributed by atoms with van der Waals surface area (Å²) in [5.41, 5.74) is 6.22. The fourth-order valence-corrected chi connectivity index (χ4v) is 9.19. The molecule has 2 N–H and O–H groups in total. The van der Waals surface area contributed by atoms with Crippen molar-refractivity contribution in [3.05, 3.63) is 0 Å². The average Bonchev–Trinajstić information content (AvgIpc) is 3.22. The van der Waals surface area contributed by atoms with Crippen LogP contribution in [0.5, 0.6) is 0 Å². The number of hydrogen-bond acceptors (Lipinski definition) is 3. The molecule has 0 aliphatic carbocycles. The van der Waals surface area contributed by atoms with E-state index in [2.05, 4.69) is 37.5 Å². The van der Waals surface area contributed by atoms with Crippen LogP contribution in [0, 0.1) is 0 Å². The van der Waals surface area contributed by atoms with E-state index in [1.165, 1.54) is 283 Å². The Morgan fingerprint density at radius 1 is 0.310 bits per heavy atom. The Bertz CT molecular complexity index is 725. The first-order valence-corrected chi connectivity index (χ1v) is 27.4. The third-order valence-electron chi connectivity index (χ3n) is 13.2. The molecule has 0 saturated heterocycles. The lowest BCUT2D eigenvalue weighted by Crippen LogP contribution is -2.45. The molecular weight excluding hydrogens is 707 g/mol. The van der Waals surface area contributed by atoms with Crippen LogP contribution < -0.4 is 5.73 Å². The minimum Gasteiger partial charge on any atom is -0.368 e. The maximum atomic E-state index is 13.0. The highest BCUT2D eigenvalue weighted by Gasteiger charge is 2.23. The molecule has 0 aromatic carbocycles. The zero-order chi connectivity index (χ0) is 42.3. The first-order chi connectivity index (χ1) is 28.6. The Hall–Kier alpha value is -0.610. The van der Waals surface area contributed by atoms with Crippen molar-refractivity contribution in [3.63, 3.8) is 0 Å². The first kappa shape index (κ1) is 57.4. The molecule has 0 aromatic heterocycles. The Morgan fingerprint density at radius 2 is 0.517 bits per heavy atom. The molecule has 4 heteroatoms. The van der Waals surface area contributed by atoms with Crippen LogP contribution in [0.1, 0.15) is 304 Å². The smallest absolute Gasteiger partial charge is 0.234 e. The molecule has 0 rings (SSSR count). The lowest BCUT2D eigenvalue weighted by molar-refractivity contribution is -0.123. The second kappa shape index (κ2) is 49.0. The monoisotopic (exact) mass is 818 g/mol. The second-order valence-electron chi connectivity index (χ2n) is 19.0. The third kappa shape index (κ3) is 42.1. The number of amides is 1. The summed E-state index contributed by atoms with van der Waals surface area (Å²) in [7, 11) is 0. The van der Waals surface area contributed by atoms with Crippen LogP contribution in [-0.4, -0.2) is 54.5 Å². The Labute approximate surface area is 367 Å². The molecular formula is C54H111N3O. The molecule has 0 bridgehead atoms. The first-order valence-electron chi connectivity index (χ1n) is 27.4. The summed E-state index contributed by atoms with van der Waals surface area (Å²) in [6.45, 7) is 15.0. The predicted octanol–water partition coefficient (Wildman–Crippen LogP) is 17.3. The number of nitrogens with two attached hydrogens (primary N) is 1. The van der Waals surface area contributed by atoms with Gasteiger partial charge in [0.15, 0.2) is 0 Å². The minimum atomic E-state index is -0.0884. The van der Waals surface area contributed by atoms with Gasteiger partial charge in [0.1, 0.15) is 0 Å². The molecule has 1 amide bonds. The molecule has 1 unspecified atom stereocenters. The summed E-state index contributed by atoms with van der Waals surface area (Å²) in [5, 5.41) is 0. The van der Waals surface area contributed by atoms with E-state index >= 15 is 0 Å². The SMILES string of the molecule is CCCCCCCCCCCCN(CCCCCCCCCCCC)CCCCC(C(N)=O)N(CCCCCCCCCCCC)CCCCCCCCCCCC. The van der Waals surface area contributed by atoms with Crippen LogP contribution in [0.15, 0.2) is 0 Å². The van der Waals surface area contributed by atoms with E-state index in [4.69, 9.17) is 5.73 Å². The van der Waals surface area contributed by atoms with Crippen molar-refractivity contribution in [2.24, 2.45) is 5.73 Å². The summed E-state index contributed by atoms with van der Waals surface area (Å²) < 4.78 is 0. The van der Waals surface area contributed by atoms with Gasteiger partial charge in [-0.2, -0.15) is 0 Å². The van der Waals surface area contributed by atoms with E-state index in [1.807, 2.05) is 0 Å². The van der Waals surface area contributed by atoms with Crippen LogP contribution in [0.25, 0.3) is 0 Å². The Balaban J connectivity index is 4.92. The highest BCUT2D eigenvalue weighted by Crippen LogP contribution is 2.18. The number of carbonyl (C=O) groups excluding carboxylic acids is 1. The Morgan fingerprint density at radius 3 is 0.759 bits per heavy atom. The van der Waals surface area contributed by atoms with Crippen LogP contribution >= 0.6 is 0 Å². The molecule has 0 aliphatic rings. The van der Waals surface area contributed by atoms with E-state index in [-0.39, 0.29) is 11.9 Å². The van der Waals surface area contributed by atoms with Gasteiger partial charge >= 0.3 is 0 Å². The molecule has 0 aromatic rings. The van der Waals surface area contributed by atoms with Gasteiger partial charge in [0, 0.05) is 0 Å². The highest BCUT2D eigenvalue weighted by molar-refractivity contribution is 5.79.